The zero-order valence-electron chi connectivity index (χ0n) is 25.1. The van der Waals surface area contributed by atoms with E-state index in [1.165, 1.54) is 22.2 Å². The van der Waals surface area contributed by atoms with Gasteiger partial charge in [-0.3, -0.25) is 9.59 Å². The molecule has 3 aromatic rings. The summed E-state index contributed by atoms with van der Waals surface area (Å²) in [6.45, 7) is 13.4. The largest absolute Gasteiger partial charge is 0.421 e. The number of rotatable bonds is 14. The molecule has 0 spiro atoms. The molecule has 0 atom stereocenters. The lowest BCUT2D eigenvalue weighted by molar-refractivity contribution is -0.132. The lowest BCUT2D eigenvalue weighted by Crippen LogP contribution is -2.66. The highest BCUT2D eigenvalue weighted by molar-refractivity contribution is 6.99. The highest BCUT2D eigenvalue weighted by atomic mass is 28.4. The third-order valence-electron chi connectivity index (χ3n) is 7.22. The van der Waals surface area contributed by atoms with Crippen LogP contribution >= 0.6 is 0 Å². The SMILES string of the molecule is C=C(/C=C/CCN(Cc1ccccc1)C(=O)C(=[N+]=[N-])C(C)=O)CCO[Si](c1ccccc1)(c1ccccc1)C(C)(C)C. The van der Waals surface area contributed by atoms with E-state index < -0.39 is 25.7 Å². The fourth-order valence-corrected chi connectivity index (χ4v) is 9.69. The Morgan fingerprint density at radius 1 is 0.929 bits per heavy atom. The molecule has 7 heteroatoms. The Morgan fingerprint density at radius 2 is 1.45 bits per heavy atom. The molecule has 0 aliphatic rings. The summed E-state index contributed by atoms with van der Waals surface area (Å²) in [6.07, 6.45) is 5.15. The molecule has 0 aliphatic carbocycles. The van der Waals surface area contributed by atoms with E-state index in [0.717, 1.165) is 11.1 Å². The number of amides is 1. The summed E-state index contributed by atoms with van der Waals surface area (Å²) in [5, 5.41) is 2.38. The van der Waals surface area contributed by atoms with Gasteiger partial charge in [-0.05, 0) is 33.8 Å². The van der Waals surface area contributed by atoms with Crippen LogP contribution in [0.15, 0.2) is 115 Å². The second-order valence-corrected chi connectivity index (χ2v) is 15.6. The molecular weight excluding hydrogens is 538 g/mol. The monoisotopic (exact) mass is 579 g/mol. The first-order valence-electron chi connectivity index (χ1n) is 14.3. The molecule has 0 radical (unpaired) electrons. The smallest absolute Gasteiger partial charge is 0.407 e. The van der Waals surface area contributed by atoms with E-state index in [0.29, 0.717) is 32.5 Å². The number of benzene rings is 3. The minimum atomic E-state index is -2.61. The van der Waals surface area contributed by atoms with E-state index in [1.807, 2.05) is 54.6 Å². The number of hydrogen-bond donors (Lipinski definition) is 0. The summed E-state index contributed by atoms with van der Waals surface area (Å²) in [5.74, 6) is -1.18. The number of ketones is 1. The number of nitrogens with zero attached hydrogens (tertiary/aromatic N) is 3. The number of Topliss-reactive ketones (excluding diaryl/α,β-unsaturated/α-hetero) is 1. The molecule has 0 saturated carbocycles. The quantitative estimate of drug-likeness (QED) is 0.0609. The normalized spacial score (nSPS) is 11.6. The summed E-state index contributed by atoms with van der Waals surface area (Å²) in [6, 6.07) is 30.6. The van der Waals surface area contributed by atoms with Gasteiger partial charge in [0.1, 0.15) is 0 Å². The zero-order valence-corrected chi connectivity index (χ0v) is 26.1. The Labute approximate surface area is 251 Å². The molecular formula is C35H41N3O3Si. The number of allylic oxidation sites excluding steroid dienone is 1. The molecule has 218 valence electrons. The fourth-order valence-electron chi connectivity index (χ4n) is 5.13. The molecule has 0 N–H and O–H groups in total. The third kappa shape index (κ3) is 8.20. The third-order valence-corrected chi connectivity index (χ3v) is 12.3. The van der Waals surface area contributed by atoms with Crippen LogP contribution in [0.3, 0.4) is 0 Å². The second-order valence-electron chi connectivity index (χ2n) is 11.3. The van der Waals surface area contributed by atoms with Gasteiger partial charge in [-0.25, -0.2) is 0 Å². The number of carbonyl (C=O) groups is 2. The zero-order chi connectivity index (χ0) is 30.6. The Hall–Kier alpha value is -4.16. The Morgan fingerprint density at radius 3 is 1.93 bits per heavy atom. The maximum absolute atomic E-state index is 13.0. The molecule has 3 aromatic carbocycles. The van der Waals surface area contributed by atoms with Gasteiger partial charge in [0.2, 0.25) is 5.78 Å². The molecule has 0 unspecified atom stereocenters. The van der Waals surface area contributed by atoms with Gasteiger partial charge in [-0.2, -0.15) is 4.79 Å². The van der Waals surface area contributed by atoms with E-state index in [2.05, 4.69) is 80.7 Å². The first-order valence-corrected chi connectivity index (χ1v) is 16.2. The number of hydrogen-bond acceptors (Lipinski definition) is 3. The van der Waals surface area contributed by atoms with E-state index in [1.54, 1.807) is 0 Å². The molecule has 0 saturated heterocycles. The van der Waals surface area contributed by atoms with Crippen LogP contribution in [0, 0.1) is 0 Å². The van der Waals surface area contributed by atoms with Gasteiger partial charge in [0, 0.05) is 26.6 Å². The van der Waals surface area contributed by atoms with Crippen molar-refractivity contribution in [1.82, 2.24) is 4.90 Å². The summed E-state index contributed by atoms with van der Waals surface area (Å²) >= 11 is 0. The van der Waals surface area contributed by atoms with Gasteiger partial charge in [-0.1, -0.05) is 136 Å². The number of carbonyl (C=O) groups excluding carboxylic acids is 2. The minimum Gasteiger partial charge on any atom is -0.407 e. The van der Waals surface area contributed by atoms with Crippen LogP contribution in [0.4, 0.5) is 0 Å². The topological polar surface area (TPSA) is 83.0 Å². The van der Waals surface area contributed by atoms with Crippen LogP contribution < -0.4 is 10.4 Å². The minimum absolute atomic E-state index is 0.0990. The first kappa shape index (κ1) is 32.4. The molecule has 0 aromatic heterocycles. The average Bonchev–Trinajstić information content (AvgIpc) is 2.98. The Kier molecular flexibility index (Phi) is 11.7. The van der Waals surface area contributed by atoms with Crippen molar-refractivity contribution >= 4 is 36.1 Å². The maximum Gasteiger partial charge on any atom is 0.421 e. The van der Waals surface area contributed by atoms with Gasteiger partial charge in [-0.15, -0.1) is 0 Å². The first-order chi connectivity index (χ1) is 20.1. The molecule has 0 heterocycles. The van der Waals surface area contributed by atoms with Crippen molar-refractivity contribution in [3.63, 3.8) is 0 Å². The van der Waals surface area contributed by atoms with Crippen molar-refractivity contribution in [3.05, 3.63) is 126 Å². The van der Waals surface area contributed by atoms with Crippen LogP contribution in [0.1, 0.15) is 46.1 Å². The maximum atomic E-state index is 13.0. The highest BCUT2D eigenvalue weighted by Crippen LogP contribution is 2.36. The van der Waals surface area contributed by atoms with Gasteiger partial charge in [0.15, 0.2) is 0 Å². The van der Waals surface area contributed by atoms with Gasteiger partial charge >= 0.3 is 11.6 Å². The summed E-state index contributed by atoms with van der Waals surface area (Å²) in [7, 11) is -2.61. The molecule has 1 amide bonds. The Bertz CT molecular complexity index is 1390. The molecule has 6 nitrogen and oxygen atoms in total. The van der Waals surface area contributed by atoms with Crippen LogP contribution in [0.2, 0.25) is 5.04 Å². The van der Waals surface area contributed by atoms with Crippen molar-refractivity contribution in [2.75, 3.05) is 13.2 Å². The molecule has 0 aliphatic heterocycles. The van der Waals surface area contributed by atoms with Crippen molar-refractivity contribution in [1.29, 1.82) is 0 Å². The van der Waals surface area contributed by atoms with E-state index in [-0.39, 0.29) is 5.04 Å². The van der Waals surface area contributed by atoms with Crippen molar-refractivity contribution in [2.45, 2.75) is 52.1 Å². The van der Waals surface area contributed by atoms with Gasteiger partial charge < -0.3 is 14.9 Å². The van der Waals surface area contributed by atoms with Gasteiger partial charge in [0.05, 0.1) is 0 Å². The van der Waals surface area contributed by atoms with E-state index in [9.17, 15) is 15.1 Å². The summed E-state index contributed by atoms with van der Waals surface area (Å²) in [5.41, 5.74) is 10.6. The second kappa shape index (κ2) is 15.2. The van der Waals surface area contributed by atoms with Crippen LogP contribution in [0.5, 0.6) is 0 Å². The molecule has 42 heavy (non-hydrogen) atoms. The van der Waals surface area contributed by atoms with E-state index >= 15 is 0 Å². The fraction of sp³-hybridized carbons (Fsp3) is 0.286. The standard InChI is InChI=1S/C35H41N3O3Si/c1-28(17-15-16-25-38(27-30-18-9-6-10-19-30)34(40)33(37-36)29(2)39)24-26-41-42(35(3,4)5,31-20-11-7-12-21-31)32-22-13-8-14-23-32/h6-15,17-23H,1,16,24-27H2,2-5H3/b17-15+. The highest BCUT2D eigenvalue weighted by Gasteiger charge is 2.49. The predicted octanol–water partition coefficient (Wildman–Crippen LogP) is 5.74. The summed E-state index contributed by atoms with van der Waals surface area (Å²) in [4.78, 5) is 29.3. The predicted molar refractivity (Wildman–Crippen MR) is 172 cm³/mol. The van der Waals surface area contributed by atoms with Gasteiger partial charge in [0.25, 0.3) is 8.32 Å². The van der Waals surface area contributed by atoms with Crippen LogP contribution in [0.25, 0.3) is 5.53 Å². The van der Waals surface area contributed by atoms with Crippen LogP contribution in [-0.4, -0.2) is 48.6 Å². The lowest BCUT2D eigenvalue weighted by Gasteiger charge is -2.43. The van der Waals surface area contributed by atoms with E-state index in [4.69, 9.17) is 4.43 Å². The van der Waals surface area contributed by atoms with Crippen molar-refractivity contribution in [3.8, 4) is 0 Å². The lowest BCUT2D eigenvalue weighted by atomic mass is 10.1. The summed E-state index contributed by atoms with van der Waals surface area (Å²) < 4.78 is 6.96. The Balaban J connectivity index is 1.68. The molecule has 0 bridgehead atoms. The van der Waals surface area contributed by atoms with Crippen molar-refractivity contribution < 1.29 is 18.8 Å². The van der Waals surface area contributed by atoms with Crippen molar-refractivity contribution in [2.24, 2.45) is 0 Å². The van der Waals surface area contributed by atoms with Crippen LogP contribution in [-0.2, 0) is 20.6 Å². The molecule has 3 rings (SSSR count). The average molecular weight is 580 g/mol. The molecule has 0 fully saturated rings.